The van der Waals surface area contributed by atoms with E-state index in [-0.39, 0.29) is 18.5 Å². The molecule has 0 spiro atoms. The molecule has 3 heterocycles. The molecule has 0 saturated carbocycles. The van der Waals surface area contributed by atoms with Gasteiger partial charge in [0.15, 0.2) is 16.6 Å². The number of fused-ring (bicyclic) bond motifs is 2. The average molecular weight is 466 g/mol. The maximum Gasteiger partial charge on any atom is 0.253 e. The molecule has 0 bridgehead atoms. The fraction of sp³-hybridized carbons (Fsp3) is 0.360. The normalized spacial score (nSPS) is 16.8. The van der Waals surface area contributed by atoms with Crippen molar-refractivity contribution < 1.29 is 14.2 Å². The topological polar surface area (TPSA) is 75.8 Å². The number of hydrogen-bond acceptors (Lipinski definition) is 5. The van der Waals surface area contributed by atoms with Gasteiger partial charge in [-0.05, 0) is 62.7 Å². The molecule has 172 valence electrons. The second-order valence-corrected chi connectivity index (χ2v) is 9.07. The predicted octanol–water partition coefficient (Wildman–Crippen LogP) is 4.25. The predicted molar refractivity (Wildman–Crippen MR) is 132 cm³/mol. The summed E-state index contributed by atoms with van der Waals surface area (Å²) in [6, 6.07) is 11.8. The number of aromatic nitrogens is 1. The van der Waals surface area contributed by atoms with Crippen LogP contribution in [-0.2, 0) is 11.3 Å². The third kappa shape index (κ3) is 4.67. The Hall–Kier alpha value is -3.10. The van der Waals surface area contributed by atoms with Crippen molar-refractivity contribution >= 4 is 33.9 Å². The van der Waals surface area contributed by atoms with Gasteiger partial charge in [0.2, 0.25) is 6.79 Å². The van der Waals surface area contributed by atoms with E-state index in [0.29, 0.717) is 35.3 Å². The van der Waals surface area contributed by atoms with Crippen LogP contribution in [0.25, 0.3) is 10.9 Å². The van der Waals surface area contributed by atoms with Crippen molar-refractivity contribution in [2.75, 3.05) is 25.3 Å². The SMILES string of the molecule is Cc1ccc(NC(=S)N(Cc2cc3cc4c(cc3[nH]c2=O)OCO4)CC2CCCO2)c(C)c1. The first kappa shape index (κ1) is 21.7. The number of nitrogens with zero attached hydrogens (tertiary/aromatic N) is 1. The van der Waals surface area contributed by atoms with Crippen LogP contribution in [0.15, 0.2) is 41.2 Å². The molecule has 2 aromatic carbocycles. The zero-order chi connectivity index (χ0) is 22.9. The summed E-state index contributed by atoms with van der Waals surface area (Å²) in [5.74, 6) is 1.33. The van der Waals surface area contributed by atoms with Gasteiger partial charge >= 0.3 is 0 Å². The Labute approximate surface area is 197 Å². The van der Waals surface area contributed by atoms with Crippen molar-refractivity contribution in [2.24, 2.45) is 0 Å². The zero-order valence-corrected chi connectivity index (χ0v) is 19.6. The van der Waals surface area contributed by atoms with Crippen LogP contribution >= 0.6 is 12.2 Å². The van der Waals surface area contributed by atoms with Crippen LogP contribution in [-0.4, -0.2) is 41.0 Å². The third-order valence-electron chi connectivity index (χ3n) is 6.13. The summed E-state index contributed by atoms with van der Waals surface area (Å²) in [7, 11) is 0. The van der Waals surface area contributed by atoms with E-state index >= 15 is 0 Å². The van der Waals surface area contributed by atoms with Gasteiger partial charge in [0.05, 0.1) is 18.2 Å². The fourth-order valence-corrected chi connectivity index (χ4v) is 4.61. The molecular formula is C25H27N3O4S. The number of aromatic amines is 1. The number of anilines is 1. The van der Waals surface area contributed by atoms with Crippen molar-refractivity contribution in [3.05, 3.63) is 63.4 Å². The largest absolute Gasteiger partial charge is 0.454 e. The van der Waals surface area contributed by atoms with E-state index in [9.17, 15) is 4.79 Å². The summed E-state index contributed by atoms with van der Waals surface area (Å²) in [5, 5.41) is 4.84. The van der Waals surface area contributed by atoms with Gasteiger partial charge in [-0.3, -0.25) is 4.79 Å². The number of ether oxygens (including phenoxy) is 3. The molecule has 0 aliphatic carbocycles. The van der Waals surface area contributed by atoms with Gasteiger partial charge < -0.3 is 29.4 Å². The second-order valence-electron chi connectivity index (χ2n) is 8.68. The Balaban J connectivity index is 1.43. The average Bonchev–Trinajstić information content (AvgIpc) is 3.45. The standard InChI is InChI=1S/C25H27N3O4S/c1-15-5-6-20(16(2)8-15)27-25(33)28(13-19-4-3-7-30-19)12-18-9-17-10-22-23(32-14-31-22)11-21(17)26-24(18)29/h5-6,8-11,19H,3-4,7,12-14H2,1-2H3,(H,26,29)(H,27,33). The van der Waals surface area contributed by atoms with Crippen molar-refractivity contribution in [3.63, 3.8) is 0 Å². The minimum atomic E-state index is -0.145. The van der Waals surface area contributed by atoms with E-state index in [1.165, 1.54) is 5.56 Å². The lowest BCUT2D eigenvalue weighted by Gasteiger charge is -2.28. The van der Waals surface area contributed by atoms with E-state index in [1.807, 2.05) is 23.1 Å². The molecule has 33 heavy (non-hydrogen) atoms. The van der Waals surface area contributed by atoms with Gasteiger partial charge in [-0.1, -0.05) is 17.7 Å². The maximum atomic E-state index is 12.9. The van der Waals surface area contributed by atoms with E-state index in [4.69, 9.17) is 26.4 Å². The highest BCUT2D eigenvalue weighted by molar-refractivity contribution is 7.80. The number of hydrogen-bond donors (Lipinski definition) is 2. The number of rotatable bonds is 5. The van der Waals surface area contributed by atoms with Gasteiger partial charge in [0.1, 0.15) is 0 Å². The monoisotopic (exact) mass is 465 g/mol. The number of nitrogens with one attached hydrogen (secondary N) is 2. The molecule has 1 fully saturated rings. The minimum Gasteiger partial charge on any atom is -0.454 e. The lowest BCUT2D eigenvalue weighted by molar-refractivity contribution is 0.0904. The van der Waals surface area contributed by atoms with E-state index in [1.54, 1.807) is 6.07 Å². The quantitative estimate of drug-likeness (QED) is 0.546. The fourth-order valence-electron chi connectivity index (χ4n) is 4.37. The molecule has 0 amide bonds. The molecule has 2 N–H and O–H groups in total. The van der Waals surface area contributed by atoms with Crippen LogP contribution in [0.1, 0.15) is 29.5 Å². The molecule has 0 radical (unpaired) electrons. The lowest BCUT2D eigenvalue weighted by Crippen LogP contribution is -2.40. The first-order valence-electron chi connectivity index (χ1n) is 11.2. The first-order valence-corrected chi connectivity index (χ1v) is 11.6. The molecule has 1 saturated heterocycles. The Morgan fingerprint density at radius 1 is 1.18 bits per heavy atom. The number of pyridine rings is 1. The summed E-state index contributed by atoms with van der Waals surface area (Å²) in [4.78, 5) is 17.9. The van der Waals surface area contributed by atoms with Crippen LogP contribution in [0.4, 0.5) is 5.69 Å². The van der Waals surface area contributed by atoms with E-state index in [0.717, 1.165) is 41.6 Å². The van der Waals surface area contributed by atoms with Crippen molar-refractivity contribution in [1.82, 2.24) is 9.88 Å². The van der Waals surface area contributed by atoms with Crippen LogP contribution < -0.4 is 20.3 Å². The van der Waals surface area contributed by atoms with E-state index in [2.05, 4.69) is 36.3 Å². The van der Waals surface area contributed by atoms with E-state index < -0.39 is 0 Å². The van der Waals surface area contributed by atoms with Gasteiger partial charge in [-0.2, -0.15) is 0 Å². The zero-order valence-electron chi connectivity index (χ0n) is 18.8. The van der Waals surface area contributed by atoms with Crippen molar-refractivity contribution in [1.29, 1.82) is 0 Å². The number of aryl methyl sites for hydroxylation is 2. The van der Waals surface area contributed by atoms with Crippen molar-refractivity contribution in [3.8, 4) is 11.5 Å². The van der Waals surface area contributed by atoms with Gasteiger partial charge in [-0.25, -0.2) is 0 Å². The van der Waals surface area contributed by atoms with Gasteiger partial charge in [0.25, 0.3) is 5.56 Å². The number of benzene rings is 2. The minimum absolute atomic E-state index is 0.0946. The molecule has 5 rings (SSSR count). The number of thiocarbonyl (C=S) groups is 1. The maximum absolute atomic E-state index is 12.9. The highest BCUT2D eigenvalue weighted by atomic mass is 32.1. The molecule has 3 aromatic rings. The summed E-state index contributed by atoms with van der Waals surface area (Å²) in [6.07, 6.45) is 2.12. The van der Waals surface area contributed by atoms with Gasteiger partial charge in [0, 0.05) is 35.9 Å². The Bertz CT molecular complexity index is 1270. The Kier molecular flexibility index (Phi) is 5.95. The summed E-state index contributed by atoms with van der Waals surface area (Å²) in [6.45, 7) is 6.07. The molecule has 7 nitrogen and oxygen atoms in total. The smallest absolute Gasteiger partial charge is 0.253 e. The highest BCUT2D eigenvalue weighted by Crippen LogP contribution is 2.35. The third-order valence-corrected chi connectivity index (χ3v) is 6.49. The first-order chi connectivity index (χ1) is 16.0. The molecule has 8 heteroatoms. The molecular weight excluding hydrogens is 438 g/mol. The molecule has 2 aliphatic rings. The Morgan fingerprint density at radius 2 is 2.00 bits per heavy atom. The molecule has 1 aromatic heterocycles. The summed E-state index contributed by atoms with van der Waals surface area (Å²) < 4.78 is 16.8. The second kappa shape index (κ2) is 9.03. The van der Waals surface area contributed by atoms with Crippen molar-refractivity contribution in [2.45, 2.75) is 39.3 Å². The van der Waals surface area contributed by atoms with Crippen LogP contribution in [0.5, 0.6) is 11.5 Å². The summed E-state index contributed by atoms with van der Waals surface area (Å²) in [5.41, 5.74) is 4.48. The Morgan fingerprint density at radius 3 is 2.76 bits per heavy atom. The van der Waals surface area contributed by atoms with Crippen LogP contribution in [0.3, 0.4) is 0 Å². The van der Waals surface area contributed by atoms with Crippen LogP contribution in [0.2, 0.25) is 0 Å². The highest BCUT2D eigenvalue weighted by Gasteiger charge is 2.23. The molecule has 1 unspecified atom stereocenters. The molecule has 2 aliphatic heterocycles. The number of H-pyrrole nitrogens is 1. The molecule has 1 atom stereocenters. The lowest BCUT2D eigenvalue weighted by atomic mass is 10.1. The summed E-state index contributed by atoms with van der Waals surface area (Å²) >= 11 is 5.80. The van der Waals surface area contributed by atoms with Gasteiger partial charge in [-0.15, -0.1) is 0 Å². The van der Waals surface area contributed by atoms with Crippen LogP contribution in [0, 0.1) is 13.8 Å².